The molecule has 4 N–H and O–H groups in total. The minimum absolute atomic E-state index is 0.137. The van der Waals surface area contributed by atoms with Gasteiger partial charge in [0.2, 0.25) is 0 Å². The van der Waals surface area contributed by atoms with Crippen LogP contribution in [0.4, 0.5) is 0 Å². The summed E-state index contributed by atoms with van der Waals surface area (Å²) in [6.45, 7) is 11.1. The van der Waals surface area contributed by atoms with E-state index in [1.807, 2.05) is 6.92 Å². The zero-order chi connectivity index (χ0) is 15.3. The van der Waals surface area contributed by atoms with Crippen LogP contribution < -0.4 is 11.1 Å². The lowest BCUT2D eigenvalue weighted by Gasteiger charge is -2.25. The molecule has 0 amide bonds. The standard InChI is InChI=1S/C17H30N2O/c1-12(10-13(2)20)19-16(11-18)14-6-8-15(9-7-14)17(3,4)5/h6-9,12-13,16,19-20H,10-11,18H2,1-5H3. The Kier molecular flexibility index (Phi) is 6.18. The molecule has 3 nitrogen and oxygen atoms in total. The van der Waals surface area contributed by atoms with Crippen molar-refractivity contribution in [3.8, 4) is 0 Å². The van der Waals surface area contributed by atoms with Crippen molar-refractivity contribution in [2.75, 3.05) is 6.54 Å². The third-order valence-electron chi connectivity index (χ3n) is 3.60. The quantitative estimate of drug-likeness (QED) is 0.750. The summed E-state index contributed by atoms with van der Waals surface area (Å²) < 4.78 is 0. The van der Waals surface area contributed by atoms with Crippen molar-refractivity contribution in [2.45, 2.75) is 64.6 Å². The molecule has 1 aromatic rings. The van der Waals surface area contributed by atoms with Crippen LogP contribution in [0.5, 0.6) is 0 Å². The first kappa shape index (κ1) is 17.2. The lowest BCUT2D eigenvalue weighted by Crippen LogP contribution is -2.36. The third-order valence-corrected chi connectivity index (χ3v) is 3.60. The van der Waals surface area contributed by atoms with Crippen LogP contribution in [0.1, 0.15) is 58.2 Å². The fraction of sp³-hybridized carbons (Fsp3) is 0.647. The van der Waals surface area contributed by atoms with E-state index in [1.54, 1.807) is 0 Å². The van der Waals surface area contributed by atoms with Gasteiger partial charge < -0.3 is 16.2 Å². The lowest BCUT2D eigenvalue weighted by molar-refractivity contribution is 0.168. The predicted octanol–water partition coefficient (Wildman–Crippen LogP) is 2.73. The highest BCUT2D eigenvalue weighted by Gasteiger charge is 2.16. The van der Waals surface area contributed by atoms with E-state index in [1.165, 1.54) is 11.1 Å². The van der Waals surface area contributed by atoms with E-state index < -0.39 is 0 Å². The van der Waals surface area contributed by atoms with E-state index in [-0.39, 0.29) is 23.6 Å². The van der Waals surface area contributed by atoms with Crippen LogP contribution in [0.2, 0.25) is 0 Å². The first-order valence-corrected chi connectivity index (χ1v) is 7.48. The number of aliphatic hydroxyl groups is 1. The molecule has 1 aromatic carbocycles. The normalized spacial score (nSPS) is 16.8. The second kappa shape index (κ2) is 7.21. The summed E-state index contributed by atoms with van der Waals surface area (Å²) in [7, 11) is 0. The summed E-state index contributed by atoms with van der Waals surface area (Å²) in [5.74, 6) is 0. The molecular weight excluding hydrogens is 248 g/mol. The van der Waals surface area contributed by atoms with E-state index in [9.17, 15) is 5.11 Å². The Bertz CT molecular complexity index is 392. The van der Waals surface area contributed by atoms with Crippen LogP contribution in [0.3, 0.4) is 0 Å². The van der Waals surface area contributed by atoms with Gasteiger partial charge in [0.1, 0.15) is 0 Å². The number of nitrogens with one attached hydrogen (secondary N) is 1. The highest BCUT2D eigenvalue weighted by Crippen LogP contribution is 2.24. The number of hydrogen-bond donors (Lipinski definition) is 3. The first-order valence-electron chi connectivity index (χ1n) is 7.48. The summed E-state index contributed by atoms with van der Waals surface area (Å²) in [5.41, 5.74) is 8.59. The molecule has 20 heavy (non-hydrogen) atoms. The molecule has 0 heterocycles. The maximum atomic E-state index is 9.43. The maximum absolute atomic E-state index is 9.43. The minimum atomic E-state index is -0.292. The molecule has 0 saturated carbocycles. The molecule has 3 heteroatoms. The van der Waals surface area contributed by atoms with E-state index >= 15 is 0 Å². The Hall–Kier alpha value is -0.900. The van der Waals surface area contributed by atoms with E-state index in [0.717, 1.165) is 6.42 Å². The molecule has 0 radical (unpaired) electrons. The van der Waals surface area contributed by atoms with Gasteiger partial charge in [-0.05, 0) is 36.8 Å². The van der Waals surface area contributed by atoms with E-state index in [2.05, 4.69) is 57.3 Å². The van der Waals surface area contributed by atoms with Crippen molar-refractivity contribution < 1.29 is 5.11 Å². The van der Waals surface area contributed by atoms with E-state index in [0.29, 0.717) is 6.54 Å². The number of nitrogens with two attached hydrogens (primary N) is 1. The van der Waals surface area contributed by atoms with Crippen LogP contribution >= 0.6 is 0 Å². The van der Waals surface area contributed by atoms with Crippen LogP contribution in [-0.2, 0) is 5.41 Å². The molecule has 114 valence electrons. The van der Waals surface area contributed by atoms with Gasteiger partial charge in [-0.15, -0.1) is 0 Å². The van der Waals surface area contributed by atoms with Gasteiger partial charge in [0.05, 0.1) is 6.10 Å². The van der Waals surface area contributed by atoms with Crippen molar-refractivity contribution in [1.29, 1.82) is 0 Å². The number of rotatable bonds is 6. The molecule has 0 spiro atoms. The highest BCUT2D eigenvalue weighted by molar-refractivity contribution is 5.29. The Morgan fingerprint density at radius 3 is 2.10 bits per heavy atom. The predicted molar refractivity (Wildman–Crippen MR) is 85.8 cm³/mol. The monoisotopic (exact) mass is 278 g/mol. The Morgan fingerprint density at radius 2 is 1.70 bits per heavy atom. The molecule has 3 unspecified atom stereocenters. The number of aliphatic hydroxyl groups excluding tert-OH is 1. The van der Waals surface area contributed by atoms with Gasteiger partial charge in [0, 0.05) is 18.6 Å². The molecule has 0 aliphatic heterocycles. The topological polar surface area (TPSA) is 58.3 Å². The summed E-state index contributed by atoms with van der Waals surface area (Å²) in [5, 5.41) is 12.9. The van der Waals surface area contributed by atoms with Gasteiger partial charge in [-0.3, -0.25) is 0 Å². The Balaban J connectivity index is 2.75. The van der Waals surface area contributed by atoms with Gasteiger partial charge in [0.25, 0.3) is 0 Å². The minimum Gasteiger partial charge on any atom is -0.393 e. The molecular formula is C17H30N2O. The van der Waals surface area contributed by atoms with Crippen LogP contribution in [0.15, 0.2) is 24.3 Å². The summed E-state index contributed by atoms with van der Waals surface area (Å²) in [4.78, 5) is 0. The van der Waals surface area contributed by atoms with Crippen molar-refractivity contribution in [3.05, 3.63) is 35.4 Å². The summed E-state index contributed by atoms with van der Waals surface area (Å²) >= 11 is 0. The fourth-order valence-corrected chi connectivity index (χ4v) is 2.44. The van der Waals surface area contributed by atoms with Gasteiger partial charge in [-0.2, -0.15) is 0 Å². The highest BCUT2D eigenvalue weighted by atomic mass is 16.3. The molecule has 0 bridgehead atoms. The molecule has 3 atom stereocenters. The molecule has 0 aliphatic rings. The molecule has 0 saturated heterocycles. The average Bonchev–Trinajstić information content (AvgIpc) is 2.34. The maximum Gasteiger partial charge on any atom is 0.0526 e. The van der Waals surface area contributed by atoms with Crippen LogP contribution in [0, 0.1) is 0 Å². The van der Waals surface area contributed by atoms with Crippen molar-refractivity contribution in [2.24, 2.45) is 5.73 Å². The van der Waals surface area contributed by atoms with Gasteiger partial charge in [-0.25, -0.2) is 0 Å². The first-order chi connectivity index (χ1) is 9.24. The second-order valence-electron chi connectivity index (χ2n) is 6.81. The number of benzene rings is 1. The Labute approximate surface area is 123 Å². The van der Waals surface area contributed by atoms with Crippen LogP contribution in [-0.4, -0.2) is 23.8 Å². The zero-order valence-corrected chi connectivity index (χ0v) is 13.5. The lowest BCUT2D eigenvalue weighted by atomic mass is 9.86. The molecule has 0 aliphatic carbocycles. The molecule has 1 rings (SSSR count). The largest absolute Gasteiger partial charge is 0.393 e. The SMILES string of the molecule is CC(O)CC(C)NC(CN)c1ccc(C(C)(C)C)cc1. The van der Waals surface area contributed by atoms with Gasteiger partial charge >= 0.3 is 0 Å². The van der Waals surface area contributed by atoms with Gasteiger partial charge in [-0.1, -0.05) is 45.0 Å². The summed E-state index contributed by atoms with van der Waals surface area (Å²) in [6, 6.07) is 9.04. The average molecular weight is 278 g/mol. The molecule has 0 aromatic heterocycles. The smallest absolute Gasteiger partial charge is 0.0526 e. The van der Waals surface area contributed by atoms with Crippen molar-refractivity contribution >= 4 is 0 Å². The van der Waals surface area contributed by atoms with E-state index in [4.69, 9.17) is 5.73 Å². The van der Waals surface area contributed by atoms with Gasteiger partial charge in [0.15, 0.2) is 0 Å². The van der Waals surface area contributed by atoms with Crippen molar-refractivity contribution in [3.63, 3.8) is 0 Å². The summed E-state index contributed by atoms with van der Waals surface area (Å²) in [6.07, 6.45) is 0.440. The van der Waals surface area contributed by atoms with Crippen LogP contribution in [0.25, 0.3) is 0 Å². The second-order valence-corrected chi connectivity index (χ2v) is 6.81. The zero-order valence-electron chi connectivity index (χ0n) is 13.5. The van der Waals surface area contributed by atoms with Crippen molar-refractivity contribution in [1.82, 2.24) is 5.32 Å². The molecule has 0 fully saturated rings. The Morgan fingerprint density at radius 1 is 1.15 bits per heavy atom. The third kappa shape index (κ3) is 5.23. The fourth-order valence-electron chi connectivity index (χ4n) is 2.44. The number of hydrogen-bond acceptors (Lipinski definition) is 3.